The number of para-hydroxylation sites is 1. The highest BCUT2D eigenvalue weighted by atomic mass is 16.2. The number of aromatic nitrogens is 2. The molecule has 2 heterocycles. The summed E-state index contributed by atoms with van der Waals surface area (Å²) < 4.78 is 0. The van der Waals surface area contributed by atoms with Crippen molar-refractivity contribution in [1.82, 2.24) is 14.9 Å². The van der Waals surface area contributed by atoms with E-state index in [1.165, 1.54) is 5.69 Å². The van der Waals surface area contributed by atoms with E-state index in [0.29, 0.717) is 18.2 Å². The van der Waals surface area contributed by atoms with Crippen molar-refractivity contribution in [2.24, 2.45) is 5.92 Å². The Labute approximate surface area is 155 Å². The van der Waals surface area contributed by atoms with Gasteiger partial charge in [0.15, 0.2) is 0 Å². The van der Waals surface area contributed by atoms with Crippen LogP contribution in [0.3, 0.4) is 0 Å². The normalized spacial score (nSPS) is 16.9. The quantitative estimate of drug-likeness (QED) is 0.894. The lowest BCUT2D eigenvalue weighted by molar-refractivity contribution is 0.0770. The van der Waals surface area contributed by atoms with Crippen LogP contribution in [0.4, 0.5) is 11.6 Å². The molecule has 1 aromatic heterocycles. The van der Waals surface area contributed by atoms with E-state index >= 15 is 0 Å². The van der Waals surface area contributed by atoms with Crippen LogP contribution in [0.1, 0.15) is 42.4 Å². The van der Waals surface area contributed by atoms with Crippen LogP contribution >= 0.6 is 0 Å². The van der Waals surface area contributed by atoms with E-state index in [1.807, 2.05) is 27.0 Å². The van der Waals surface area contributed by atoms with E-state index in [1.54, 1.807) is 11.0 Å². The lowest BCUT2D eigenvalue weighted by atomic mass is 10.1. The van der Waals surface area contributed by atoms with Gasteiger partial charge in [-0.1, -0.05) is 32.0 Å². The Hall–Kier alpha value is -2.63. The fourth-order valence-corrected chi connectivity index (χ4v) is 3.41. The van der Waals surface area contributed by atoms with Gasteiger partial charge >= 0.3 is 0 Å². The number of nitrogen functional groups attached to an aromatic ring is 1. The zero-order chi connectivity index (χ0) is 18.7. The molecule has 1 amide bonds. The molecule has 0 aliphatic carbocycles. The summed E-state index contributed by atoms with van der Waals surface area (Å²) in [4.78, 5) is 25.3. The van der Waals surface area contributed by atoms with Crippen molar-refractivity contribution in [3.63, 3.8) is 0 Å². The van der Waals surface area contributed by atoms with Crippen LogP contribution in [-0.2, 0) is 0 Å². The second kappa shape index (κ2) is 7.72. The first-order chi connectivity index (χ1) is 12.4. The molecule has 1 fully saturated rings. The van der Waals surface area contributed by atoms with E-state index < -0.39 is 0 Å². The van der Waals surface area contributed by atoms with Gasteiger partial charge in [-0.3, -0.25) is 4.79 Å². The van der Waals surface area contributed by atoms with Gasteiger partial charge in [-0.25, -0.2) is 9.97 Å². The molecule has 1 saturated heterocycles. The second-order valence-corrected chi connectivity index (χ2v) is 7.31. The molecule has 0 saturated carbocycles. The highest BCUT2D eigenvalue weighted by Gasteiger charge is 2.26. The largest absolute Gasteiger partial charge is 0.371 e. The summed E-state index contributed by atoms with van der Waals surface area (Å²) in [5, 5.41) is 0. The van der Waals surface area contributed by atoms with E-state index in [0.717, 1.165) is 25.2 Å². The monoisotopic (exact) mass is 353 g/mol. The number of rotatable bonds is 5. The van der Waals surface area contributed by atoms with E-state index in [4.69, 9.17) is 5.73 Å². The van der Waals surface area contributed by atoms with Crippen LogP contribution in [-0.4, -0.2) is 47.5 Å². The molecule has 2 aromatic rings. The molecule has 26 heavy (non-hydrogen) atoms. The van der Waals surface area contributed by atoms with Crippen LogP contribution in [0, 0.1) is 5.92 Å². The molecular formula is C20H27N5O. The SMILES string of the molecule is CC(C)c1cc(C(=O)N(C)CC2CCN(c3ccccc3)C2)nc(N)n1. The van der Waals surface area contributed by atoms with Crippen molar-refractivity contribution in [2.75, 3.05) is 37.3 Å². The van der Waals surface area contributed by atoms with Crippen molar-refractivity contribution >= 4 is 17.5 Å². The molecule has 1 aromatic carbocycles. The maximum atomic E-state index is 12.8. The number of carbonyl (C=O) groups excluding carboxylic acids is 1. The number of hydrogen-bond acceptors (Lipinski definition) is 5. The lowest BCUT2D eigenvalue weighted by Crippen LogP contribution is -2.34. The van der Waals surface area contributed by atoms with Crippen molar-refractivity contribution < 1.29 is 4.79 Å². The first kappa shape index (κ1) is 18.2. The van der Waals surface area contributed by atoms with Crippen LogP contribution in [0.5, 0.6) is 0 Å². The Kier molecular flexibility index (Phi) is 5.40. The molecule has 6 nitrogen and oxygen atoms in total. The van der Waals surface area contributed by atoms with Gasteiger partial charge in [0.25, 0.3) is 5.91 Å². The Morgan fingerprint density at radius 1 is 1.31 bits per heavy atom. The minimum atomic E-state index is -0.0980. The summed E-state index contributed by atoms with van der Waals surface area (Å²) in [5.41, 5.74) is 8.20. The highest BCUT2D eigenvalue weighted by Crippen LogP contribution is 2.24. The molecule has 138 valence electrons. The molecule has 1 unspecified atom stereocenters. The number of amides is 1. The summed E-state index contributed by atoms with van der Waals surface area (Å²) >= 11 is 0. The van der Waals surface area contributed by atoms with Gasteiger partial charge in [0.2, 0.25) is 5.95 Å². The summed E-state index contributed by atoms with van der Waals surface area (Å²) in [7, 11) is 1.83. The third-order valence-corrected chi connectivity index (χ3v) is 4.86. The minimum Gasteiger partial charge on any atom is -0.371 e. The Morgan fingerprint density at radius 3 is 2.73 bits per heavy atom. The molecule has 1 aliphatic heterocycles. The van der Waals surface area contributed by atoms with Crippen LogP contribution in [0.15, 0.2) is 36.4 Å². The van der Waals surface area contributed by atoms with Crippen molar-refractivity contribution in [3.05, 3.63) is 47.8 Å². The van der Waals surface area contributed by atoms with Gasteiger partial charge in [0, 0.05) is 38.1 Å². The number of benzene rings is 1. The first-order valence-corrected chi connectivity index (χ1v) is 9.14. The third kappa shape index (κ3) is 4.12. The maximum Gasteiger partial charge on any atom is 0.272 e. The van der Waals surface area contributed by atoms with E-state index in [-0.39, 0.29) is 17.8 Å². The van der Waals surface area contributed by atoms with Crippen molar-refractivity contribution in [3.8, 4) is 0 Å². The molecule has 2 N–H and O–H groups in total. The fourth-order valence-electron chi connectivity index (χ4n) is 3.41. The average Bonchev–Trinajstić information content (AvgIpc) is 3.09. The number of nitrogens with two attached hydrogens (primary N) is 1. The van der Waals surface area contributed by atoms with Crippen molar-refractivity contribution in [2.45, 2.75) is 26.2 Å². The van der Waals surface area contributed by atoms with Gasteiger partial charge < -0.3 is 15.5 Å². The van der Waals surface area contributed by atoms with Gasteiger partial charge in [0.1, 0.15) is 5.69 Å². The van der Waals surface area contributed by atoms with E-state index in [9.17, 15) is 4.79 Å². The predicted octanol–water partition coefficient (Wildman–Crippen LogP) is 2.78. The minimum absolute atomic E-state index is 0.0980. The second-order valence-electron chi connectivity index (χ2n) is 7.31. The van der Waals surface area contributed by atoms with Crippen LogP contribution < -0.4 is 10.6 Å². The Bertz CT molecular complexity index is 762. The lowest BCUT2D eigenvalue weighted by Gasteiger charge is -2.22. The molecular weight excluding hydrogens is 326 g/mol. The molecule has 0 radical (unpaired) electrons. The summed E-state index contributed by atoms with van der Waals surface area (Å²) in [6.45, 7) is 6.75. The summed E-state index contributed by atoms with van der Waals surface area (Å²) in [6.07, 6.45) is 1.08. The Morgan fingerprint density at radius 2 is 2.04 bits per heavy atom. The van der Waals surface area contributed by atoms with Gasteiger partial charge in [0.05, 0.1) is 0 Å². The smallest absolute Gasteiger partial charge is 0.272 e. The molecule has 1 atom stereocenters. The Balaban J connectivity index is 1.63. The van der Waals surface area contributed by atoms with Gasteiger partial charge in [-0.05, 0) is 36.5 Å². The van der Waals surface area contributed by atoms with E-state index in [2.05, 4.69) is 39.1 Å². The highest BCUT2D eigenvalue weighted by molar-refractivity contribution is 5.92. The van der Waals surface area contributed by atoms with Gasteiger partial charge in [-0.15, -0.1) is 0 Å². The zero-order valence-electron chi connectivity index (χ0n) is 15.7. The fraction of sp³-hybridized carbons (Fsp3) is 0.450. The molecule has 1 aliphatic rings. The third-order valence-electron chi connectivity index (χ3n) is 4.86. The molecule has 0 bridgehead atoms. The van der Waals surface area contributed by atoms with Crippen LogP contribution in [0.2, 0.25) is 0 Å². The molecule has 6 heteroatoms. The molecule has 3 rings (SSSR count). The zero-order valence-corrected chi connectivity index (χ0v) is 15.7. The number of hydrogen-bond donors (Lipinski definition) is 1. The number of nitrogens with zero attached hydrogens (tertiary/aromatic N) is 4. The first-order valence-electron chi connectivity index (χ1n) is 9.14. The summed E-state index contributed by atoms with van der Waals surface area (Å²) in [6, 6.07) is 12.2. The number of anilines is 2. The summed E-state index contributed by atoms with van der Waals surface area (Å²) in [5.74, 6) is 0.711. The predicted molar refractivity (Wildman–Crippen MR) is 104 cm³/mol. The number of carbonyl (C=O) groups is 1. The molecule has 0 spiro atoms. The maximum absolute atomic E-state index is 12.8. The van der Waals surface area contributed by atoms with Crippen LogP contribution in [0.25, 0.3) is 0 Å². The topological polar surface area (TPSA) is 75.4 Å². The average molecular weight is 353 g/mol. The van der Waals surface area contributed by atoms with Gasteiger partial charge in [-0.2, -0.15) is 0 Å². The van der Waals surface area contributed by atoms with Crippen molar-refractivity contribution in [1.29, 1.82) is 0 Å². The standard InChI is InChI=1S/C20H27N5O/c1-14(2)17-11-18(23-20(21)22-17)19(26)24(3)12-15-9-10-25(13-15)16-7-5-4-6-8-16/h4-8,11,14-15H,9-10,12-13H2,1-3H3,(H2,21,22,23).